The molecule has 2 aromatic carbocycles. The zero-order valence-electron chi connectivity index (χ0n) is 16.7. The first-order valence-corrected chi connectivity index (χ1v) is 14.4. The van der Waals surface area contributed by atoms with E-state index in [1.165, 1.54) is 24.4 Å². The molecular formula is C20H26N2O5SSi. The topological polar surface area (TPSA) is 90.3 Å². The molecule has 0 radical (unpaired) electrons. The first kappa shape index (κ1) is 21.1. The molecule has 0 spiro atoms. The highest BCUT2D eigenvalue weighted by atomic mass is 32.2. The number of ether oxygens (including phenoxy) is 1. The summed E-state index contributed by atoms with van der Waals surface area (Å²) in [6.45, 7) is 6.85. The molecule has 3 rings (SSSR count). The molecule has 0 fully saturated rings. The fraction of sp³-hybridized carbons (Fsp3) is 0.300. The van der Waals surface area contributed by atoms with Crippen LogP contribution in [0.1, 0.15) is 5.56 Å². The minimum Gasteiger partial charge on any atom is -0.508 e. The summed E-state index contributed by atoms with van der Waals surface area (Å²) in [4.78, 5) is 0. The summed E-state index contributed by atoms with van der Waals surface area (Å²) >= 11 is 0. The largest absolute Gasteiger partial charge is 0.508 e. The number of nitrogens with zero attached hydrogens (tertiary/aromatic N) is 2. The Bertz CT molecular complexity index is 1000. The van der Waals surface area contributed by atoms with Crippen molar-refractivity contribution in [1.29, 1.82) is 0 Å². The van der Waals surface area contributed by atoms with Crippen molar-refractivity contribution in [2.24, 2.45) is 0 Å². The van der Waals surface area contributed by atoms with Crippen molar-refractivity contribution >= 4 is 24.0 Å². The Morgan fingerprint density at radius 3 is 2.38 bits per heavy atom. The molecule has 0 aliphatic carbocycles. The minimum absolute atomic E-state index is 0.0443. The van der Waals surface area contributed by atoms with Gasteiger partial charge in [-0.3, -0.25) is 0 Å². The molecule has 2 aromatic rings. The van der Waals surface area contributed by atoms with E-state index in [1.807, 2.05) is 30.3 Å². The van der Waals surface area contributed by atoms with Gasteiger partial charge in [0.2, 0.25) is 5.88 Å². The summed E-state index contributed by atoms with van der Waals surface area (Å²) in [5.74, 6) is -0.170. The van der Waals surface area contributed by atoms with Gasteiger partial charge >= 0.3 is 10.2 Å². The number of hydrogen-bond donors (Lipinski definition) is 2. The lowest BCUT2D eigenvalue weighted by Crippen LogP contribution is -2.37. The third-order valence-corrected chi connectivity index (χ3v) is 7.95. The van der Waals surface area contributed by atoms with Gasteiger partial charge < -0.3 is 14.9 Å². The molecule has 9 heteroatoms. The normalized spacial score (nSPS) is 16.0. The van der Waals surface area contributed by atoms with Crippen molar-refractivity contribution in [3.05, 3.63) is 66.2 Å². The Labute approximate surface area is 172 Å². The van der Waals surface area contributed by atoms with Crippen LogP contribution in [-0.4, -0.2) is 37.6 Å². The van der Waals surface area contributed by atoms with E-state index in [9.17, 15) is 18.6 Å². The van der Waals surface area contributed by atoms with Crippen LogP contribution in [0.4, 0.5) is 5.69 Å². The zero-order valence-corrected chi connectivity index (χ0v) is 18.6. The third-order valence-electron chi connectivity index (χ3n) is 4.50. The number of aliphatic hydroxyl groups is 1. The van der Waals surface area contributed by atoms with Crippen LogP contribution in [0.2, 0.25) is 25.7 Å². The van der Waals surface area contributed by atoms with Crippen molar-refractivity contribution < 1.29 is 23.4 Å². The molecule has 0 saturated carbocycles. The second-order valence-corrected chi connectivity index (χ2v) is 15.5. The third kappa shape index (κ3) is 4.85. The van der Waals surface area contributed by atoms with Crippen molar-refractivity contribution in [2.75, 3.05) is 10.8 Å². The van der Waals surface area contributed by atoms with Crippen LogP contribution in [0.5, 0.6) is 11.5 Å². The van der Waals surface area contributed by atoms with Crippen molar-refractivity contribution in [3.8, 4) is 11.5 Å². The van der Waals surface area contributed by atoms with Crippen LogP contribution in [0, 0.1) is 0 Å². The van der Waals surface area contributed by atoms with E-state index in [1.54, 1.807) is 0 Å². The molecule has 7 nitrogen and oxygen atoms in total. The number of benzene rings is 2. The summed E-state index contributed by atoms with van der Waals surface area (Å²) in [6.07, 6.45) is 1.17. The Morgan fingerprint density at radius 1 is 1.03 bits per heavy atom. The molecule has 1 heterocycles. The van der Waals surface area contributed by atoms with Crippen LogP contribution in [0.15, 0.2) is 60.6 Å². The van der Waals surface area contributed by atoms with Gasteiger partial charge in [-0.1, -0.05) is 50.0 Å². The monoisotopic (exact) mass is 434 g/mol. The second-order valence-electron chi connectivity index (χ2n) is 8.10. The van der Waals surface area contributed by atoms with Crippen molar-refractivity contribution in [2.45, 2.75) is 32.3 Å². The molecule has 1 aliphatic heterocycles. The number of anilines is 1. The lowest BCUT2D eigenvalue weighted by atomic mass is 10.2. The van der Waals surface area contributed by atoms with Crippen LogP contribution in [-0.2, 0) is 16.8 Å². The van der Waals surface area contributed by atoms with Gasteiger partial charge in [-0.2, -0.15) is 8.42 Å². The van der Waals surface area contributed by atoms with E-state index in [-0.39, 0.29) is 36.2 Å². The maximum atomic E-state index is 13.1. The summed E-state index contributed by atoms with van der Waals surface area (Å²) in [6, 6.07) is 14.3. The average molecular weight is 435 g/mol. The highest BCUT2D eigenvalue weighted by molar-refractivity contribution is 7.91. The van der Waals surface area contributed by atoms with E-state index in [0.29, 0.717) is 6.04 Å². The number of hydrogen-bond acceptors (Lipinski definition) is 5. The first-order valence-electron chi connectivity index (χ1n) is 9.30. The molecule has 0 atom stereocenters. The van der Waals surface area contributed by atoms with Gasteiger partial charge in [0, 0.05) is 20.7 Å². The maximum Gasteiger partial charge on any atom is 0.332 e. The summed E-state index contributed by atoms with van der Waals surface area (Å²) < 4.78 is 33.9. The Morgan fingerprint density at radius 2 is 1.72 bits per heavy atom. The van der Waals surface area contributed by atoms with Gasteiger partial charge in [-0.05, 0) is 23.7 Å². The van der Waals surface area contributed by atoms with Gasteiger partial charge in [-0.15, -0.1) is 0 Å². The number of phenolic OH excluding ortho intramolecular Hbond substituents is 1. The lowest BCUT2D eigenvalue weighted by Gasteiger charge is -2.25. The number of phenols is 1. The molecule has 156 valence electrons. The SMILES string of the molecule is C[Si](C)(C)CCN1C(O)=CN(c2ccc(O)cc2OCc2ccccc2)S1(=O)=O. The Kier molecular flexibility index (Phi) is 5.81. The van der Waals surface area contributed by atoms with E-state index >= 15 is 0 Å². The highest BCUT2D eigenvalue weighted by Crippen LogP contribution is 2.38. The van der Waals surface area contributed by atoms with Gasteiger partial charge in [0.1, 0.15) is 23.8 Å². The van der Waals surface area contributed by atoms with E-state index in [2.05, 4.69) is 19.6 Å². The molecule has 0 unspecified atom stereocenters. The summed E-state index contributed by atoms with van der Waals surface area (Å²) in [5, 5.41) is 20.2. The predicted octanol–water partition coefficient (Wildman–Crippen LogP) is 4.03. The van der Waals surface area contributed by atoms with Crippen LogP contribution in [0.25, 0.3) is 0 Å². The number of rotatable bonds is 7. The van der Waals surface area contributed by atoms with Crippen LogP contribution < -0.4 is 9.04 Å². The first-order chi connectivity index (χ1) is 13.6. The van der Waals surface area contributed by atoms with E-state index < -0.39 is 18.3 Å². The van der Waals surface area contributed by atoms with Crippen LogP contribution >= 0.6 is 0 Å². The van der Waals surface area contributed by atoms with E-state index in [0.717, 1.165) is 14.2 Å². The van der Waals surface area contributed by atoms with Crippen molar-refractivity contribution in [3.63, 3.8) is 0 Å². The second kappa shape index (κ2) is 8.00. The van der Waals surface area contributed by atoms with Gasteiger partial charge in [-0.25, -0.2) is 8.61 Å². The number of aromatic hydroxyl groups is 1. The van der Waals surface area contributed by atoms with E-state index in [4.69, 9.17) is 4.74 Å². The van der Waals surface area contributed by atoms with Crippen LogP contribution in [0.3, 0.4) is 0 Å². The average Bonchev–Trinajstić information content (AvgIpc) is 2.87. The lowest BCUT2D eigenvalue weighted by molar-refractivity contribution is 0.294. The molecule has 0 bridgehead atoms. The molecule has 0 saturated heterocycles. The summed E-state index contributed by atoms with van der Waals surface area (Å²) in [5.41, 5.74) is 1.13. The Balaban J connectivity index is 1.88. The van der Waals surface area contributed by atoms with Gasteiger partial charge in [0.25, 0.3) is 0 Å². The summed E-state index contributed by atoms with van der Waals surface area (Å²) in [7, 11) is -5.49. The Hall–Kier alpha value is -2.65. The highest BCUT2D eigenvalue weighted by Gasteiger charge is 2.39. The molecule has 0 amide bonds. The molecule has 1 aliphatic rings. The standard InChI is InChI=1S/C20H26N2O5SSi/c1-29(2,3)12-11-21-20(24)14-22(28(21,25)26)18-10-9-17(23)13-19(18)27-15-16-7-5-4-6-8-16/h4-10,13-14,23-24H,11-12,15H2,1-3H3. The minimum atomic E-state index is -3.99. The fourth-order valence-corrected chi connectivity index (χ4v) is 5.36. The molecule has 29 heavy (non-hydrogen) atoms. The zero-order chi connectivity index (χ0) is 21.2. The van der Waals surface area contributed by atoms with Crippen molar-refractivity contribution in [1.82, 2.24) is 4.31 Å². The molecular weight excluding hydrogens is 408 g/mol. The fourth-order valence-electron chi connectivity index (χ4n) is 2.86. The smallest absolute Gasteiger partial charge is 0.332 e. The van der Waals surface area contributed by atoms with Gasteiger partial charge in [0.05, 0.1) is 6.20 Å². The quantitative estimate of drug-likeness (QED) is 0.642. The molecule has 0 aromatic heterocycles. The molecule has 2 N–H and O–H groups in total. The predicted molar refractivity (Wildman–Crippen MR) is 116 cm³/mol. The maximum absolute atomic E-state index is 13.1. The van der Waals surface area contributed by atoms with Gasteiger partial charge in [0.15, 0.2) is 0 Å². The number of aliphatic hydroxyl groups excluding tert-OH is 1.